The topological polar surface area (TPSA) is 56.1 Å². The van der Waals surface area contributed by atoms with Crippen molar-refractivity contribution in [3.63, 3.8) is 0 Å². The number of amides is 1. The summed E-state index contributed by atoms with van der Waals surface area (Å²) in [4.78, 5) is 12.6. The maximum absolute atomic E-state index is 12.6. The minimum absolute atomic E-state index is 0.162. The molecule has 5 heteroatoms. The number of aromatic nitrogens is 2. The first-order valence-corrected chi connectivity index (χ1v) is 8.69. The van der Waals surface area contributed by atoms with Crippen molar-refractivity contribution in [1.29, 1.82) is 0 Å². The van der Waals surface area contributed by atoms with Crippen molar-refractivity contribution in [2.75, 3.05) is 11.9 Å². The zero-order valence-corrected chi connectivity index (χ0v) is 15.3. The van der Waals surface area contributed by atoms with E-state index in [-0.39, 0.29) is 5.91 Å². The normalized spacial score (nSPS) is 10.6. The number of hydrogen-bond donors (Lipinski definition) is 1. The number of carbonyl (C=O) groups is 1. The third-order valence-electron chi connectivity index (χ3n) is 4.26. The van der Waals surface area contributed by atoms with E-state index in [0.29, 0.717) is 18.7 Å². The Hall–Kier alpha value is -3.08. The van der Waals surface area contributed by atoms with E-state index >= 15 is 0 Å². The van der Waals surface area contributed by atoms with Gasteiger partial charge in [0.2, 0.25) is 0 Å². The zero-order valence-electron chi connectivity index (χ0n) is 15.3. The Morgan fingerprint density at radius 1 is 1.15 bits per heavy atom. The van der Waals surface area contributed by atoms with E-state index < -0.39 is 0 Å². The van der Waals surface area contributed by atoms with Crippen LogP contribution in [0, 0.1) is 13.8 Å². The average molecular weight is 349 g/mol. The number of nitrogens with one attached hydrogen (secondary N) is 1. The highest BCUT2D eigenvalue weighted by Gasteiger charge is 2.15. The number of aryl methyl sites for hydroxylation is 1. The van der Waals surface area contributed by atoms with Crippen LogP contribution in [0.2, 0.25) is 0 Å². The number of carbonyl (C=O) groups excluding carboxylic acids is 1. The fourth-order valence-corrected chi connectivity index (χ4v) is 2.83. The monoisotopic (exact) mass is 349 g/mol. The number of nitrogens with zero attached hydrogens (tertiary/aromatic N) is 2. The van der Waals surface area contributed by atoms with Gasteiger partial charge in [-0.05, 0) is 50.1 Å². The van der Waals surface area contributed by atoms with Crippen molar-refractivity contribution < 1.29 is 9.53 Å². The molecule has 1 heterocycles. The van der Waals surface area contributed by atoms with Crippen LogP contribution in [0.3, 0.4) is 0 Å². The Kier molecular flexibility index (Phi) is 5.37. The van der Waals surface area contributed by atoms with Crippen LogP contribution in [0.4, 0.5) is 5.69 Å². The predicted molar refractivity (Wildman–Crippen MR) is 103 cm³/mol. The molecule has 3 rings (SSSR count). The van der Waals surface area contributed by atoms with Gasteiger partial charge in [-0.15, -0.1) is 0 Å². The highest BCUT2D eigenvalue weighted by Crippen LogP contribution is 2.22. The number of anilines is 1. The average Bonchev–Trinajstić information content (AvgIpc) is 2.99. The van der Waals surface area contributed by atoms with Crippen molar-refractivity contribution in [3.8, 4) is 5.75 Å². The second-order valence-corrected chi connectivity index (χ2v) is 6.15. The highest BCUT2D eigenvalue weighted by atomic mass is 16.5. The Balaban J connectivity index is 1.73. The van der Waals surface area contributed by atoms with E-state index in [1.807, 2.05) is 74.0 Å². The van der Waals surface area contributed by atoms with Gasteiger partial charge in [0, 0.05) is 11.4 Å². The van der Waals surface area contributed by atoms with Gasteiger partial charge in [-0.3, -0.25) is 9.48 Å². The number of ether oxygens (including phenoxy) is 1. The summed E-state index contributed by atoms with van der Waals surface area (Å²) in [5.41, 5.74) is 4.29. The molecule has 0 atom stereocenters. The molecule has 0 aliphatic heterocycles. The van der Waals surface area contributed by atoms with E-state index in [2.05, 4.69) is 10.4 Å². The van der Waals surface area contributed by atoms with Crippen molar-refractivity contribution in [3.05, 3.63) is 77.1 Å². The molecule has 1 amide bonds. The minimum Gasteiger partial charge on any atom is -0.494 e. The molecule has 0 aliphatic carbocycles. The molecule has 0 aliphatic rings. The second-order valence-electron chi connectivity index (χ2n) is 6.15. The standard InChI is InChI=1S/C21H23N3O2/c1-4-26-20-11-10-18(12-15(20)2)23-21(25)19-13-22-24(16(19)3)14-17-8-6-5-7-9-17/h5-13H,4,14H2,1-3H3,(H,23,25). The number of hydrogen-bond acceptors (Lipinski definition) is 3. The highest BCUT2D eigenvalue weighted by molar-refractivity contribution is 6.04. The van der Waals surface area contributed by atoms with E-state index in [4.69, 9.17) is 4.74 Å². The van der Waals surface area contributed by atoms with Crippen LogP contribution >= 0.6 is 0 Å². The van der Waals surface area contributed by atoms with Crippen molar-refractivity contribution in [2.45, 2.75) is 27.3 Å². The lowest BCUT2D eigenvalue weighted by Crippen LogP contribution is -2.13. The van der Waals surface area contributed by atoms with Gasteiger partial charge >= 0.3 is 0 Å². The molecule has 1 aromatic heterocycles. The van der Waals surface area contributed by atoms with Gasteiger partial charge in [0.15, 0.2) is 0 Å². The van der Waals surface area contributed by atoms with Crippen LogP contribution in [0.15, 0.2) is 54.7 Å². The van der Waals surface area contributed by atoms with Crippen LogP contribution in [-0.4, -0.2) is 22.3 Å². The predicted octanol–water partition coefficient (Wildman–Crippen LogP) is 4.20. The van der Waals surface area contributed by atoms with Crippen LogP contribution in [0.25, 0.3) is 0 Å². The van der Waals surface area contributed by atoms with Crippen LogP contribution in [0.1, 0.15) is 34.1 Å². The second kappa shape index (κ2) is 7.87. The van der Waals surface area contributed by atoms with Crippen LogP contribution in [0.5, 0.6) is 5.75 Å². The Morgan fingerprint density at radius 2 is 1.92 bits per heavy atom. The molecule has 0 unspecified atom stereocenters. The lowest BCUT2D eigenvalue weighted by molar-refractivity contribution is 0.102. The summed E-state index contributed by atoms with van der Waals surface area (Å²) < 4.78 is 7.38. The maximum atomic E-state index is 12.6. The van der Waals surface area contributed by atoms with Crippen molar-refractivity contribution in [2.24, 2.45) is 0 Å². The zero-order chi connectivity index (χ0) is 18.5. The molecule has 0 fully saturated rings. The molecule has 0 saturated carbocycles. The summed E-state index contributed by atoms with van der Waals surface area (Å²) in [7, 11) is 0. The first kappa shape index (κ1) is 17.7. The van der Waals surface area contributed by atoms with E-state index in [1.54, 1.807) is 6.20 Å². The SMILES string of the molecule is CCOc1ccc(NC(=O)c2cnn(Cc3ccccc3)c2C)cc1C. The molecule has 0 saturated heterocycles. The van der Waals surface area contributed by atoms with Crippen LogP contribution in [-0.2, 0) is 6.54 Å². The quantitative estimate of drug-likeness (QED) is 0.726. The maximum Gasteiger partial charge on any atom is 0.259 e. The van der Waals surface area contributed by atoms with Gasteiger partial charge in [-0.25, -0.2) is 0 Å². The fourth-order valence-electron chi connectivity index (χ4n) is 2.83. The van der Waals surface area contributed by atoms with Gasteiger partial charge in [0.05, 0.1) is 24.9 Å². The molecule has 2 aromatic carbocycles. The molecule has 134 valence electrons. The first-order chi connectivity index (χ1) is 12.6. The van der Waals surface area contributed by atoms with Gasteiger partial charge in [0.1, 0.15) is 5.75 Å². The summed E-state index contributed by atoms with van der Waals surface area (Å²) in [6, 6.07) is 15.7. The molecule has 0 spiro atoms. The molecule has 5 nitrogen and oxygen atoms in total. The molecule has 1 N–H and O–H groups in total. The largest absolute Gasteiger partial charge is 0.494 e. The van der Waals surface area contributed by atoms with E-state index in [9.17, 15) is 4.79 Å². The summed E-state index contributed by atoms with van der Waals surface area (Å²) >= 11 is 0. The summed E-state index contributed by atoms with van der Waals surface area (Å²) in [5, 5.41) is 7.30. The Labute approximate surface area is 153 Å². The molecule has 3 aromatic rings. The number of benzene rings is 2. The van der Waals surface area contributed by atoms with Gasteiger partial charge in [-0.1, -0.05) is 30.3 Å². The summed E-state index contributed by atoms with van der Waals surface area (Å²) in [6.07, 6.45) is 1.62. The molecular weight excluding hydrogens is 326 g/mol. The summed E-state index contributed by atoms with van der Waals surface area (Å²) in [5.74, 6) is 0.669. The van der Waals surface area contributed by atoms with Gasteiger partial charge in [-0.2, -0.15) is 5.10 Å². The van der Waals surface area contributed by atoms with Gasteiger partial charge in [0.25, 0.3) is 5.91 Å². The Morgan fingerprint density at radius 3 is 2.62 bits per heavy atom. The molecule has 0 radical (unpaired) electrons. The lowest BCUT2D eigenvalue weighted by atomic mass is 10.2. The van der Waals surface area contributed by atoms with Gasteiger partial charge < -0.3 is 10.1 Å². The fraction of sp³-hybridized carbons (Fsp3) is 0.238. The van der Waals surface area contributed by atoms with Crippen molar-refractivity contribution >= 4 is 11.6 Å². The minimum atomic E-state index is -0.162. The molecule has 0 bridgehead atoms. The molecular formula is C21H23N3O2. The van der Waals surface area contributed by atoms with Crippen LogP contribution < -0.4 is 10.1 Å². The number of rotatable bonds is 6. The Bertz CT molecular complexity index is 901. The lowest BCUT2D eigenvalue weighted by Gasteiger charge is -2.10. The smallest absolute Gasteiger partial charge is 0.259 e. The third kappa shape index (κ3) is 3.94. The summed E-state index contributed by atoms with van der Waals surface area (Å²) in [6.45, 7) is 7.08. The van der Waals surface area contributed by atoms with E-state index in [0.717, 1.165) is 28.3 Å². The van der Waals surface area contributed by atoms with E-state index in [1.165, 1.54) is 0 Å². The van der Waals surface area contributed by atoms with Crippen molar-refractivity contribution in [1.82, 2.24) is 9.78 Å². The first-order valence-electron chi connectivity index (χ1n) is 8.69. The molecule has 26 heavy (non-hydrogen) atoms. The third-order valence-corrected chi connectivity index (χ3v) is 4.26.